The lowest BCUT2D eigenvalue weighted by Gasteiger charge is -2.23. The summed E-state index contributed by atoms with van der Waals surface area (Å²) >= 11 is 0. The molecule has 2 aromatic rings. The normalized spacial score (nSPS) is 12.2. The fraction of sp³-hybridized carbons (Fsp3) is 0.478. The average molecular weight is 341 g/mol. The number of ether oxygens (including phenoxy) is 2. The van der Waals surface area contributed by atoms with Crippen LogP contribution in [-0.4, -0.2) is 14.2 Å². The second-order valence-electron chi connectivity index (χ2n) is 8.73. The highest BCUT2D eigenvalue weighted by molar-refractivity contribution is 5.47. The molecule has 0 saturated carbocycles. The van der Waals surface area contributed by atoms with Crippen LogP contribution in [0.4, 0.5) is 0 Å². The largest absolute Gasteiger partial charge is 0.496 e. The van der Waals surface area contributed by atoms with Crippen LogP contribution in [0.3, 0.4) is 0 Å². The maximum Gasteiger partial charge on any atom is 0.122 e. The van der Waals surface area contributed by atoms with Crippen molar-refractivity contribution in [3.05, 3.63) is 58.7 Å². The molecule has 0 amide bonds. The minimum Gasteiger partial charge on any atom is -0.496 e. The smallest absolute Gasteiger partial charge is 0.122 e. The molecule has 136 valence electrons. The van der Waals surface area contributed by atoms with E-state index in [2.05, 4.69) is 77.9 Å². The molecule has 2 heteroatoms. The molecule has 0 spiro atoms. The third-order valence-corrected chi connectivity index (χ3v) is 4.67. The molecule has 0 heterocycles. The van der Waals surface area contributed by atoms with Crippen molar-refractivity contribution in [1.29, 1.82) is 0 Å². The number of methoxy groups -OCH3 is 2. The maximum atomic E-state index is 5.62. The molecule has 0 bridgehead atoms. The fourth-order valence-corrected chi connectivity index (χ4v) is 2.97. The van der Waals surface area contributed by atoms with Crippen molar-refractivity contribution in [3.63, 3.8) is 0 Å². The van der Waals surface area contributed by atoms with E-state index in [1.165, 1.54) is 22.3 Å². The van der Waals surface area contributed by atoms with Crippen LogP contribution in [0.1, 0.15) is 63.8 Å². The van der Waals surface area contributed by atoms with E-state index in [0.29, 0.717) is 0 Å². The molecule has 0 N–H and O–H groups in total. The summed E-state index contributed by atoms with van der Waals surface area (Å²) in [5, 5.41) is 0. The van der Waals surface area contributed by atoms with Gasteiger partial charge in [-0.25, -0.2) is 0 Å². The molecule has 0 aliphatic heterocycles. The Bertz CT molecular complexity index is 667. The summed E-state index contributed by atoms with van der Waals surface area (Å²) in [6.07, 6.45) is 0.792. The number of hydrogen-bond donors (Lipinski definition) is 0. The summed E-state index contributed by atoms with van der Waals surface area (Å²) in [5.41, 5.74) is 5.23. The molecule has 0 aliphatic carbocycles. The Balaban J connectivity index is 2.51. The predicted octanol–water partition coefficient (Wildman–Crippen LogP) is 5.89. The maximum absolute atomic E-state index is 5.62. The molecule has 0 radical (unpaired) electrons. The summed E-state index contributed by atoms with van der Waals surface area (Å²) in [5.74, 6) is 1.85. The standard InChI is InChI=1S/C23H32O2/c1-22(2,3)18-9-11-20(24-7)16(14-18)13-17-15-19(23(4,5)6)10-12-21(17)25-8/h9-12,14-15H,13H2,1-8H3. The van der Waals surface area contributed by atoms with Crippen LogP contribution in [-0.2, 0) is 17.3 Å². The van der Waals surface area contributed by atoms with E-state index in [-0.39, 0.29) is 10.8 Å². The van der Waals surface area contributed by atoms with Gasteiger partial charge in [0.1, 0.15) is 11.5 Å². The van der Waals surface area contributed by atoms with Crippen molar-refractivity contribution in [3.8, 4) is 11.5 Å². The van der Waals surface area contributed by atoms with E-state index >= 15 is 0 Å². The van der Waals surface area contributed by atoms with Gasteiger partial charge in [0.2, 0.25) is 0 Å². The second kappa shape index (κ2) is 7.11. The van der Waals surface area contributed by atoms with Gasteiger partial charge in [0.15, 0.2) is 0 Å². The molecule has 0 fully saturated rings. The quantitative estimate of drug-likeness (QED) is 0.691. The summed E-state index contributed by atoms with van der Waals surface area (Å²) in [7, 11) is 3.47. The molecule has 2 nitrogen and oxygen atoms in total. The Morgan fingerprint density at radius 3 is 1.28 bits per heavy atom. The van der Waals surface area contributed by atoms with Gasteiger partial charge < -0.3 is 9.47 Å². The third-order valence-electron chi connectivity index (χ3n) is 4.67. The molecule has 2 aromatic carbocycles. The van der Waals surface area contributed by atoms with Crippen LogP contribution in [0, 0.1) is 0 Å². The zero-order valence-electron chi connectivity index (χ0n) is 17.0. The van der Waals surface area contributed by atoms with E-state index in [1.807, 2.05) is 0 Å². The van der Waals surface area contributed by atoms with Gasteiger partial charge >= 0.3 is 0 Å². The highest BCUT2D eigenvalue weighted by atomic mass is 16.5. The third kappa shape index (κ3) is 4.56. The van der Waals surface area contributed by atoms with Gasteiger partial charge in [-0.3, -0.25) is 0 Å². The highest BCUT2D eigenvalue weighted by Gasteiger charge is 2.19. The molecule has 25 heavy (non-hydrogen) atoms. The Morgan fingerprint density at radius 1 is 0.640 bits per heavy atom. The first kappa shape index (κ1) is 19.4. The van der Waals surface area contributed by atoms with E-state index in [9.17, 15) is 0 Å². The summed E-state index contributed by atoms with van der Waals surface area (Å²) < 4.78 is 11.2. The van der Waals surface area contributed by atoms with E-state index < -0.39 is 0 Å². The lowest BCUT2D eigenvalue weighted by molar-refractivity contribution is 0.404. The van der Waals surface area contributed by atoms with Crippen molar-refractivity contribution in [2.75, 3.05) is 14.2 Å². The van der Waals surface area contributed by atoms with Crippen LogP contribution in [0.2, 0.25) is 0 Å². The van der Waals surface area contributed by atoms with Gasteiger partial charge in [-0.1, -0.05) is 65.8 Å². The molecule has 2 rings (SSSR count). The Labute approximate surface area is 153 Å². The van der Waals surface area contributed by atoms with Crippen LogP contribution in [0.15, 0.2) is 36.4 Å². The Kier molecular flexibility index (Phi) is 5.51. The number of hydrogen-bond acceptors (Lipinski definition) is 2. The second-order valence-corrected chi connectivity index (χ2v) is 8.73. The van der Waals surface area contributed by atoms with E-state index in [1.54, 1.807) is 14.2 Å². The summed E-state index contributed by atoms with van der Waals surface area (Å²) in [4.78, 5) is 0. The van der Waals surface area contributed by atoms with Crippen molar-refractivity contribution in [2.24, 2.45) is 0 Å². The van der Waals surface area contributed by atoms with Crippen LogP contribution in [0.25, 0.3) is 0 Å². The lowest BCUT2D eigenvalue weighted by Crippen LogP contribution is -2.13. The summed E-state index contributed by atoms with van der Waals surface area (Å²) in [6.45, 7) is 13.4. The molecule has 0 unspecified atom stereocenters. The van der Waals surface area contributed by atoms with Gasteiger partial charge in [0.25, 0.3) is 0 Å². The monoisotopic (exact) mass is 340 g/mol. The van der Waals surface area contributed by atoms with Crippen LogP contribution >= 0.6 is 0 Å². The summed E-state index contributed by atoms with van der Waals surface area (Å²) in [6, 6.07) is 13.0. The van der Waals surface area contributed by atoms with Crippen LogP contribution in [0.5, 0.6) is 11.5 Å². The first-order valence-electron chi connectivity index (χ1n) is 8.91. The molecule has 0 saturated heterocycles. The zero-order valence-corrected chi connectivity index (χ0v) is 17.0. The van der Waals surface area contributed by atoms with E-state index in [0.717, 1.165) is 17.9 Å². The molecule has 0 aromatic heterocycles. The molecular formula is C23H32O2. The SMILES string of the molecule is COc1ccc(C(C)(C)C)cc1Cc1cc(C(C)(C)C)ccc1OC. The van der Waals surface area contributed by atoms with Crippen LogP contribution < -0.4 is 9.47 Å². The minimum atomic E-state index is 0.109. The predicted molar refractivity (Wildman–Crippen MR) is 106 cm³/mol. The minimum absolute atomic E-state index is 0.109. The zero-order chi connectivity index (χ0) is 18.8. The van der Waals surface area contributed by atoms with Gasteiger partial charge in [0.05, 0.1) is 14.2 Å². The van der Waals surface area contributed by atoms with Gasteiger partial charge in [-0.05, 0) is 45.2 Å². The molecular weight excluding hydrogens is 308 g/mol. The lowest BCUT2D eigenvalue weighted by atomic mass is 9.84. The topological polar surface area (TPSA) is 18.5 Å². The molecule has 0 atom stereocenters. The van der Waals surface area contributed by atoms with Crippen molar-refractivity contribution >= 4 is 0 Å². The number of rotatable bonds is 4. The molecule has 0 aliphatic rings. The average Bonchev–Trinajstić information content (AvgIpc) is 2.53. The van der Waals surface area contributed by atoms with Gasteiger partial charge in [-0.15, -0.1) is 0 Å². The van der Waals surface area contributed by atoms with E-state index in [4.69, 9.17) is 9.47 Å². The Hall–Kier alpha value is -1.96. The van der Waals surface area contributed by atoms with Crippen molar-refractivity contribution < 1.29 is 9.47 Å². The van der Waals surface area contributed by atoms with Crippen molar-refractivity contribution in [2.45, 2.75) is 58.8 Å². The first-order valence-corrected chi connectivity index (χ1v) is 8.91. The Morgan fingerprint density at radius 2 is 1.00 bits per heavy atom. The van der Waals surface area contributed by atoms with Gasteiger partial charge in [0, 0.05) is 6.42 Å². The number of benzene rings is 2. The highest BCUT2D eigenvalue weighted by Crippen LogP contribution is 2.33. The first-order chi connectivity index (χ1) is 11.6. The van der Waals surface area contributed by atoms with Gasteiger partial charge in [-0.2, -0.15) is 0 Å². The fourth-order valence-electron chi connectivity index (χ4n) is 2.97. The van der Waals surface area contributed by atoms with Crippen molar-refractivity contribution in [1.82, 2.24) is 0 Å².